The summed E-state index contributed by atoms with van der Waals surface area (Å²) in [5.41, 5.74) is 0.434. The zero-order valence-electron chi connectivity index (χ0n) is 15.0. The molecule has 0 radical (unpaired) electrons. The van der Waals surface area contributed by atoms with Gasteiger partial charge >= 0.3 is 5.97 Å². The van der Waals surface area contributed by atoms with Gasteiger partial charge in [0, 0.05) is 18.2 Å². The molecule has 1 amide bonds. The van der Waals surface area contributed by atoms with E-state index in [9.17, 15) is 19.2 Å². The van der Waals surface area contributed by atoms with E-state index in [1.54, 1.807) is 12.1 Å². The number of thioether (sulfide) groups is 1. The number of aromatic amines is 1. The predicted octanol–water partition coefficient (Wildman–Crippen LogP) is 2.61. The zero-order chi connectivity index (χ0) is 20.1. The number of anilines is 1. The number of aromatic nitrogens is 2. The molecule has 9 heteroatoms. The Labute approximate surface area is 164 Å². The highest BCUT2D eigenvalue weighted by atomic mass is 32.2. The van der Waals surface area contributed by atoms with Crippen LogP contribution >= 0.6 is 11.8 Å². The topological polar surface area (TPSA) is 118 Å². The highest BCUT2D eigenvalue weighted by molar-refractivity contribution is 8.04. The van der Waals surface area contributed by atoms with Gasteiger partial charge in [0.05, 0.1) is 17.6 Å². The molecule has 1 heterocycles. The number of rotatable bonds is 7. The number of carbonyl (C=O) groups excluding carboxylic acids is 4. The fraction of sp³-hybridized carbons (Fsp3) is 0.211. The lowest BCUT2D eigenvalue weighted by molar-refractivity contribution is -0.116. The van der Waals surface area contributed by atoms with Crippen molar-refractivity contribution in [3.63, 3.8) is 0 Å². The number of amides is 1. The molecule has 0 fully saturated rings. The Balaban J connectivity index is 1.56. The molecule has 3 rings (SSSR count). The number of hydrogen-bond donors (Lipinski definition) is 2. The van der Waals surface area contributed by atoms with Crippen molar-refractivity contribution in [3.8, 4) is 0 Å². The number of methoxy groups -OCH3 is 1. The first-order valence-corrected chi connectivity index (χ1v) is 9.45. The van der Waals surface area contributed by atoms with E-state index in [2.05, 4.69) is 20.3 Å². The van der Waals surface area contributed by atoms with E-state index >= 15 is 0 Å². The molecule has 0 saturated heterocycles. The number of H-pyrrole nitrogens is 1. The Hall–Kier alpha value is -3.20. The van der Waals surface area contributed by atoms with Crippen molar-refractivity contribution in [2.24, 2.45) is 0 Å². The highest BCUT2D eigenvalue weighted by Crippen LogP contribution is 2.30. The molecule has 1 aromatic carbocycles. The first kappa shape index (κ1) is 19.6. The van der Waals surface area contributed by atoms with Crippen LogP contribution in [0.4, 0.5) is 5.69 Å². The second-order valence-corrected chi connectivity index (χ2v) is 7.02. The first-order valence-electron chi connectivity index (χ1n) is 8.46. The van der Waals surface area contributed by atoms with Crippen molar-refractivity contribution in [1.82, 2.24) is 10.2 Å². The number of Topliss-reactive ketones (excluding diaryl/α,β-unsaturated/α-hetero) is 1. The average molecular weight is 399 g/mol. The molecular formula is C19H17N3O5S. The highest BCUT2D eigenvalue weighted by Gasteiger charge is 2.34. The number of para-hydroxylation sites is 1. The van der Waals surface area contributed by atoms with Crippen LogP contribution in [0.15, 0.2) is 41.3 Å². The van der Waals surface area contributed by atoms with Crippen molar-refractivity contribution < 1.29 is 23.9 Å². The number of nitrogens with zero attached hydrogens (tertiary/aromatic N) is 1. The number of benzene rings is 1. The molecule has 1 aliphatic rings. The Morgan fingerprint density at radius 2 is 1.96 bits per heavy atom. The summed E-state index contributed by atoms with van der Waals surface area (Å²) in [6, 6.07) is 9.11. The monoisotopic (exact) mass is 399 g/mol. The molecule has 2 aromatic rings. The summed E-state index contributed by atoms with van der Waals surface area (Å²) in [4.78, 5) is 48.7. The Morgan fingerprint density at radius 3 is 2.68 bits per heavy atom. The lowest BCUT2D eigenvalue weighted by Gasteiger charge is -2.11. The molecule has 28 heavy (non-hydrogen) atoms. The summed E-state index contributed by atoms with van der Waals surface area (Å²) in [5.74, 6) is -1.34. The number of allylic oxidation sites excluding steroid dienone is 2. The number of fused-ring (bicyclic) bond motifs is 1. The minimum absolute atomic E-state index is 0.0660. The van der Waals surface area contributed by atoms with E-state index in [0.717, 1.165) is 5.69 Å². The fourth-order valence-electron chi connectivity index (χ4n) is 2.63. The van der Waals surface area contributed by atoms with Gasteiger partial charge in [-0.15, -0.1) is 11.8 Å². The summed E-state index contributed by atoms with van der Waals surface area (Å²) >= 11 is 1.17. The molecule has 144 valence electrons. The Kier molecular flexibility index (Phi) is 6.05. The van der Waals surface area contributed by atoms with Crippen molar-refractivity contribution in [3.05, 3.63) is 58.3 Å². The van der Waals surface area contributed by atoms with E-state index in [1.165, 1.54) is 24.9 Å². The standard InChI is InChI=1S/C19H17N3O5S/c1-27-19(26)17-15-16(21-22-17)12(23)10-13(18(15)25)28-9-5-8-14(24)20-11-6-3-2-4-7-11/h2-4,6-7,10H,5,8-9H2,1H3,(H,20,24)(H,21,22). The number of ether oxygens (including phenoxy) is 1. The van der Waals surface area contributed by atoms with Crippen molar-refractivity contribution in [1.29, 1.82) is 0 Å². The lowest BCUT2D eigenvalue weighted by Crippen LogP contribution is -2.18. The maximum absolute atomic E-state index is 12.6. The van der Waals surface area contributed by atoms with E-state index in [4.69, 9.17) is 0 Å². The Morgan fingerprint density at radius 1 is 1.21 bits per heavy atom. The minimum Gasteiger partial charge on any atom is -0.464 e. The van der Waals surface area contributed by atoms with Gasteiger partial charge in [-0.1, -0.05) is 18.2 Å². The van der Waals surface area contributed by atoms with E-state index in [1.807, 2.05) is 18.2 Å². The molecule has 8 nitrogen and oxygen atoms in total. The molecule has 1 aromatic heterocycles. The summed E-state index contributed by atoms with van der Waals surface area (Å²) < 4.78 is 4.61. The van der Waals surface area contributed by atoms with E-state index in [0.29, 0.717) is 12.2 Å². The largest absolute Gasteiger partial charge is 0.464 e. The van der Waals surface area contributed by atoms with Crippen LogP contribution in [0.25, 0.3) is 0 Å². The fourth-order valence-corrected chi connectivity index (χ4v) is 3.57. The van der Waals surface area contributed by atoms with Gasteiger partial charge in [0.15, 0.2) is 5.69 Å². The smallest absolute Gasteiger partial charge is 0.356 e. The van der Waals surface area contributed by atoms with Crippen molar-refractivity contribution in [2.75, 3.05) is 18.2 Å². The van der Waals surface area contributed by atoms with Crippen LogP contribution in [-0.2, 0) is 9.53 Å². The quantitative estimate of drug-likeness (QED) is 0.543. The van der Waals surface area contributed by atoms with E-state index < -0.39 is 17.5 Å². The van der Waals surface area contributed by atoms with Crippen LogP contribution in [0.1, 0.15) is 44.2 Å². The summed E-state index contributed by atoms with van der Waals surface area (Å²) in [5, 5.41) is 8.92. The number of hydrogen-bond acceptors (Lipinski definition) is 7. The van der Waals surface area contributed by atoms with Crippen LogP contribution in [0, 0.1) is 0 Å². The number of carbonyl (C=O) groups is 4. The number of nitrogens with one attached hydrogen (secondary N) is 2. The molecular weight excluding hydrogens is 382 g/mol. The summed E-state index contributed by atoms with van der Waals surface area (Å²) in [6.45, 7) is 0. The van der Waals surface area contributed by atoms with Gasteiger partial charge < -0.3 is 10.1 Å². The lowest BCUT2D eigenvalue weighted by atomic mass is 9.99. The normalized spacial score (nSPS) is 13.0. The van der Waals surface area contributed by atoms with Gasteiger partial charge in [-0.3, -0.25) is 19.5 Å². The SMILES string of the molecule is COC(=O)c1[nH]nc2c1C(=O)C(SCCCC(=O)Nc1ccccc1)=CC2=O. The predicted molar refractivity (Wildman–Crippen MR) is 103 cm³/mol. The third-order valence-electron chi connectivity index (χ3n) is 3.97. The Bertz CT molecular complexity index is 965. The second kappa shape index (κ2) is 8.66. The molecule has 0 bridgehead atoms. The second-order valence-electron chi connectivity index (χ2n) is 5.88. The molecule has 0 aliphatic heterocycles. The van der Waals surface area contributed by atoms with Gasteiger partial charge in [0.2, 0.25) is 17.5 Å². The number of ketones is 2. The first-order chi connectivity index (χ1) is 13.5. The van der Waals surface area contributed by atoms with Crippen molar-refractivity contribution in [2.45, 2.75) is 12.8 Å². The summed E-state index contributed by atoms with van der Waals surface area (Å²) in [6.07, 6.45) is 2.01. The zero-order valence-corrected chi connectivity index (χ0v) is 15.8. The van der Waals surface area contributed by atoms with Crippen molar-refractivity contribution >= 4 is 40.9 Å². The third kappa shape index (κ3) is 4.20. The third-order valence-corrected chi connectivity index (χ3v) is 5.07. The van der Waals surface area contributed by atoms with Crippen LogP contribution in [0.2, 0.25) is 0 Å². The van der Waals surface area contributed by atoms with Gasteiger partial charge in [-0.25, -0.2) is 4.79 Å². The molecule has 2 N–H and O–H groups in total. The molecule has 1 aliphatic carbocycles. The van der Waals surface area contributed by atoms with Gasteiger partial charge in [-0.05, 0) is 24.3 Å². The summed E-state index contributed by atoms with van der Waals surface area (Å²) in [7, 11) is 1.18. The molecule has 0 saturated carbocycles. The van der Waals surface area contributed by atoms with Crippen LogP contribution in [0.5, 0.6) is 0 Å². The van der Waals surface area contributed by atoms with Gasteiger partial charge in [0.25, 0.3) is 0 Å². The van der Waals surface area contributed by atoms with Crippen LogP contribution < -0.4 is 5.32 Å². The minimum atomic E-state index is -0.765. The molecule has 0 atom stereocenters. The maximum atomic E-state index is 12.6. The van der Waals surface area contributed by atoms with Gasteiger partial charge in [-0.2, -0.15) is 5.10 Å². The van der Waals surface area contributed by atoms with E-state index in [-0.39, 0.29) is 34.2 Å². The van der Waals surface area contributed by atoms with Crippen LogP contribution in [-0.4, -0.2) is 46.5 Å². The molecule has 0 unspecified atom stereocenters. The molecule has 0 spiro atoms. The van der Waals surface area contributed by atoms with Gasteiger partial charge in [0.1, 0.15) is 5.69 Å². The van der Waals surface area contributed by atoms with Crippen LogP contribution in [0.3, 0.4) is 0 Å². The maximum Gasteiger partial charge on any atom is 0.356 e. The number of esters is 1. The average Bonchev–Trinajstić information content (AvgIpc) is 3.15.